The molecule has 0 spiro atoms. The summed E-state index contributed by atoms with van der Waals surface area (Å²) in [5.41, 5.74) is 1.03. The van der Waals surface area contributed by atoms with Gasteiger partial charge in [0.1, 0.15) is 6.61 Å². The van der Waals surface area contributed by atoms with E-state index in [1.54, 1.807) is 0 Å². The van der Waals surface area contributed by atoms with E-state index in [1.165, 1.54) is 0 Å². The number of hydrogen-bond acceptors (Lipinski definition) is 3. The van der Waals surface area contributed by atoms with Gasteiger partial charge in [-0.25, -0.2) is 4.79 Å². The summed E-state index contributed by atoms with van der Waals surface area (Å²) < 4.78 is 5.38. The number of nitrogens with one attached hydrogen (secondary N) is 1. The fourth-order valence-corrected chi connectivity index (χ4v) is 2.89. The van der Waals surface area contributed by atoms with Gasteiger partial charge in [0.15, 0.2) is 0 Å². The zero-order valence-corrected chi connectivity index (χ0v) is 10.3. The number of fused-ring (bicyclic) bond motifs is 1. The molecule has 0 aliphatic carbocycles. The maximum absolute atomic E-state index is 12.0. The summed E-state index contributed by atoms with van der Waals surface area (Å²) in [6.07, 6.45) is 1.92. The van der Waals surface area contributed by atoms with Crippen molar-refractivity contribution in [3.05, 3.63) is 35.9 Å². The summed E-state index contributed by atoms with van der Waals surface area (Å²) in [6.45, 7) is 2.19. The van der Waals surface area contributed by atoms with Crippen molar-refractivity contribution < 1.29 is 9.53 Å². The molecule has 0 unspecified atom stereocenters. The molecule has 0 aromatic heterocycles. The number of amides is 1. The Labute approximate surface area is 107 Å². The van der Waals surface area contributed by atoms with Gasteiger partial charge in [0.25, 0.3) is 0 Å². The molecule has 1 aromatic rings. The summed E-state index contributed by atoms with van der Waals surface area (Å²) in [6, 6.07) is 10.6. The molecule has 0 radical (unpaired) electrons. The van der Waals surface area contributed by atoms with Gasteiger partial charge in [-0.3, -0.25) is 0 Å². The summed E-state index contributed by atoms with van der Waals surface area (Å²) in [5, 5.41) is 3.43. The summed E-state index contributed by atoms with van der Waals surface area (Å²) in [7, 11) is 0. The molecule has 1 aromatic carbocycles. The first-order valence-electron chi connectivity index (χ1n) is 6.55. The van der Waals surface area contributed by atoms with Gasteiger partial charge >= 0.3 is 6.09 Å². The standard InChI is InChI=1S/C14H18N2O2/c17-14(18-10-11-4-2-1-3-5-11)16-9-7-12-13(16)6-8-15-12/h1-5,12-13,15H,6-10H2/t12-,13+/m1/s1. The van der Waals surface area contributed by atoms with E-state index in [0.717, 1.165) is 31.5 Å². The number of ether oxygens (including phenoxy) is 1. The minimum atomic E-state index is -0.171. The number of rotatable bonds is 2. The second-order valence-corrected chi connectivity index (χ2v) is 4.94. The Morgan fingerprint density at radius 3 is 3.00 bits per heavy atom. The first kappa shape index (κ1) is 11.5. The van der Waals surface area contributed by atoms with Crippen LogP contribution in [0.2, 0.25) is 0 Å². The molecule has 1 N–H and O–H groups in total. The lowest BCUT2D eigenvalue weighted by molar-refractivity contribution is 0.0922. The molecular weight excluding hydrogens is 228 g/mol. The average Bonchev–Trinajstić information content (AvgIpc) is 2.99. The molecule has 4 heteroatoms. The molecule has 2 saturated heterocycles. The van der Waals surface area contributed by atoms with E-state index < -0.39 is 0 Å². The van der Waals surface area contributed by atoms with E-state index in [9.17, 15) is 4.79 Å². The van der Waals surface area contributed by atoms with Crippen LogP contribution < -0.4 is 5.32 Å². The molecule has 3 rings (SSSR count). The van der Waals surface area contributed by atoms with Crippen molar-refractivity contribution in [3.63, 3.8) is 0 Å². The lowest BCUT2D eigenvalue weighted by Crippen LogP contribution is -2.38. The monoisotopic (exact) mass is 246 g/mol. The van der Waals surface area contributed by atoms with Gasteiger partial charge < -0.3 is 15.0 Å². The second-order valence-electron chi connectivity index (χ2n) is 4.94. The fraction of sp³-hybridized carbons (Fsp3) is 0.500. The van der Waals surface area contributed by atoms with Crippen LogP contribution in [-0.2, 0) is 11.3 Å². The molecular formula is C14H18N2O2. The predicted molar refractivity (Wildman–Crippen MR) is 68.1 cm³/mol. The van der Waals surface area contributed by atoms with Crippen LogP contribution in [-0.4, -0.2) is 36.2 Å². The molecule has 0 saturated carbocycles. The van der Waals surface area contributed by atoms with Crippen LogP contribution in [0.15, 0.2) is 30.3 Å². The Kier molecular flexibility index (Phi) is 3.19. The fourth-order valence-electron chi connectivity index (χ4n) is 2.89. The van der Waals surface area contributed by atoms with E-state index >= 15 is 0 Å². The van der Waals surface area contributed by atoms with Crippen LogP contribution >= 0.6 is 0 Å². The predicted octanol–water partition coefficient (Wildman–Crippen LogP) is 1.76. The van der Waals surface area contributed by atoms with E-state index in [2.05, 4.69) is 5.32 Å². The molecule has 1 amide bonds. The van der Waals surface area contributed by atoms with Crippen LogP contribution in [0.25, 0.3) is 0 Å². The van der Waals surface area contributed by atoms with Gasteiger partial charge in [-0.05, 0) is 24.9 Å². The molecule has 2 aliphatic rings. The number of hydrogen-bond donors (Lipinski definition) is 1. The highest BCUT2D eigenvalue weighted by atomic mass is 16.6. The highest BCUT2D eigenvalue weighted by Gasteiger charge is 2.40. The average molecular weight is 246 g/mol. The zero-order chi connectivity index (χ0) is 12.4. The second kappa shape index (κ2) is 4.98. The number of carbonyl (C=O) groups is 1. The molecule has 2 atom stereocenters. The molecule has 96 valence electrons. The van der Waals surface area contributed by atoms with Gasteiger partial charge in [-0.1, -0.05) is 30.3 Å². The first-order chi connectivity index (χ1) is 8.84. The number of benzene rings is 1. The van der Waals surface area contributed by atoms with E-state index in [0.29, 0.717) is 18.7 Å². The molecule has 2 fully saturated rings. The van der Waals surface area contributed by atoms with Crippen molar-refractivity contribution in [2.45, 2.75) is 31.5 Å². The normalized spacial score (nSPS) is 26.1. The molecule has 2 aliphatic heterocycles. The van der Waals surface area contributed by atoms with Gasteiger partial charge in [0, 0.05) is 12.6 Å². The largest absolute Gasteiger partial charge is 0.445 e. The lowest BCUT2D eigenvalue weighted by atomic mass is 10.1. The summed E-state index contributed by atoms with van der Waals surface area (Å²) >= 11 is 0. The minimum absolute atomic E-state index is 0.171. The van der Waals surface area contributed by atoms with Gasteiger partial charge in [0.2, 0.25) is 0 Å². The van der Waals surface area contributed by atoms with Crippen LogP contribution in [0, 0.1) is 0 Å². The third kappa shape index (κ3) is 2.20. The highest BCUT2D eigenvalue weighted by Crippen LogP contribution is 2.25. The molecule has 18 heavy (non-hydrogen) atoms. The first-order valence-corrected chi connectivity index (χ1v) is 6.55. The maximum atomic E-state index is 12.0. The van der Waals surface area contributed by atoms with E-state index in [-0.39, 0.29) is 6.09 Å². The smallest absolute Gasteiger partial charge is 0.410 e. The highest BCUT2D eigenvalue weighted by molar-refractivity contribution is 5.68. The molecule has 2 heterocycles. The van der Waals surface area contributed by atoms with Crippen molar-refractivity contribution in [1.29, 1.82) is 0 Å². The van der Waals surface area contributed by atoms with E-state index in [4.69, 9.17) is 4.74 Å². The van der Waals surface area contributed by atoms with Crippen molar-refractivity contribution in [2.24, 2.45) is 0 Å². The Hall–Kier alpha value is -1.55. The van der Waals surface area contributed by atoms with Crippen LogP contribution in [0.5, 0.6) is 0 Å². The van der Waals surface area contributed by atoms with Gasteiger partial charge in [-0.2, -0.15) is 0 Å². The molecule has 4 nitrogen and oxygen atoms in total. The third-order valence-corrected chi connectivity index (χ3v) is 3.83. The van der Waals surface area contributed by atoms with Crippen molar-refractivity contribution in [2.75, 3.05) is 13.1 Å². The van der Waals surface area contributed by atoms with Crippen molar-refractivity contribution in [1.82, 2.24) is 10.2 Å². The van der Waals surface area contributed by atoms with Crippen LogP contribution in [0.4, 0.5) is 4.79 Å². The van der Waals surface area contributed by atoms with E-state index in [1.807, 2.05) is 35.2 Å². The number of carbonyl (C=O) groups excluding carboxylic acids is 1. The Balaban J connectivity index is 1.56. The number of nitrogens with zero attached hydrogens (tertiary/aromatic N) is 1. The molecule has 0 bridgehead atoms. The van der Waals surface area contributed by atoms with Gasteiger partial charge in [-0.15, -0.1) is 0 Å². The Bertz CT molecular complexity index is 421. The Morgan fingerprint density at radius 2 is 2.17 bits per heavy atom. The topological polar surface area (TPSA) is 41.6 Å². The van der Waals surface area contributed by atoms with Crippen molar-refractivity contribution >= 4 is 6.09 Å². The van der Waals surface area contributed by atoms with Crippen LogP contribution in [0.3, 0.4) is 0 Å². The Morgan fingerprint density at radius 1 is 1.33 bits per heavy atom. The summed E-state index contributed by atoms with van der Waals surface area (Å²) in [5.74, 6) is 0. The summed E-state index contributed by atoms with van der Waals surface area (Å²) in [4.78, 5) is 13.9. The number of likely N-dealkylation sites (tertiary alicyclic amines) is 1. The van der Waals surface area contributed by atoms with Gasteiger partial charge in [0.05, 0.1) is 6.04 Å². The zero-order valence-electron chi connectivity index (χ0n) is 10.3. The SMILES string of the molecule is O=C(OCc1ccccc1)N1CC[C@H]2NCC[C@@H]21. The minimum Gasteiger partial charge on any atom is -0.445 e. The quantitative estimate of drug-likeness (QED) is 0.864. The third-order valence-electron chi connectivity index (χ3n) is 3.83. The van der Waals surface area contributed by atoms with Crippen LogP contribution in [0.1, 0.15) is 18.4 Å². The van der Waals surface area contributed by atoms with Crippen molar-refractivity contribution in [3.8, 4) is 0 Å². The maximum Gasteiger partial charge on any atom is 0.410 e. The lowest BCUT2D eigenvalue weighted by Gasteiger charge is -2.22.